The van der Waals surface area contributed by atoms with E-state index in [0.29, 0.717) is 12.6 Å². The Hall–Kier alpha value is -0.690. The van der Waals surface area contributed by atoms with Gasteiger partial charge < -0.3 is 19.1 Å². The third kappa shape index (κ3) is 4.70. The maximum absolute atomic E-state index is 11.6. The Morgan fingerprint density at radius 3 is 2.70 bits per heavy atom. The first kappa shape index (κ1) is 15.7. The minimum absolute atomic E-state index is 0.00753. The topological polar surface area (TPSA) is 51.2 Å². The highest BCUT2D eigenvalue weighted by Crippen LogP contribution is 2.17. The highest BCUT2D eigenvalue weighted by Gasteiger charge is 2.27. The predicted octanol–water partition coefficient (Wildman–Crippen LogP) is -0.0290. The van der Waals surface area contributed by atoms with Gasteiger partial charge in [0.25, 0.3) is 0 Å². The summed E-state index contributed by atoms with van der Waals surface area (Å²) >= 11 is 0. The average molecular weight is 286 g/mol. The standard InChI is InChI=1S/C14H26N2O4/c1-15(2)14(17)11-20-13-9-16(5-8-19-10-13)12-3-6-18-7-4-12/h12-13H,3-11H2,1-2H3/t13-/m1/s1. The molecule has 0 N–H and O–H groups in total. The van der Waals surface area contributed by atoms with Gasteiger partial charge in [-0.25, -0.2) is 0 Å². The maximum atomic E-state index is 11.6. The molecule has 0 radical (unpaired) electrons. The van der Waals surface area contributed by atoms with Gasteiger partial charge in [0, 0.05) is 46.4 Å². The van der Waals surface area contributed by atoms with E-state index < -0.39 is 0 Å². The molecule has 2 heterocycles. The Balaban J connectivity index is 1.81. The van der Waals surface area contributed by atoms with Gasteiger partial charge in [0.1, 0.15) is 6.61 Å². The van der Waals surface area contributed by atoms with Crippen LogP contribution in [0.25, 0.3) is 0 Å². The summed E-state index contributed by atoms with van der Waals surface area (Å²) in [6, 6.07) is 0.557. The Morgan fingerprint density at radius 1 is 1.25 bits per heavy atom. The zero-order valence-electron chi connectivity index (χ0n) is 12.5. The Labute approximate surface area is 120 Å². The lowest BCUT2D eigenvalue weighted by Gasteiger charge is -2.34. The number of nitrogens with zero attached hydrogens (tertiary/aromatic N) is 2. The van der Waals surface area contributed by atoms with Gasteiger partial charge >= 0.3 is 0 Å². The smallest absolute Gasteiger partial charge is 0.248 e. The van der Waals surface area contributed by atoms with Crippen LogP contribution in [0.3, 0.4) is 0 Å². The second-order valence-electron chi connectivity index (χ2n) is 5.63. The van der Waals surface area contributed by atoms with Crippen LogP contribution in [0, 0.1) is 0 Å². The van der Waals surface area contributed by atoms with Crippen LogP contribution >= 0.6 is 0 Å². The predicted molar refractivity (Wildman–Crippen MR) is 74.7 cm³/mol. The lowest BCUT2D eigenvalue weighted by molar-refractivity contribution is -0.137. The third-order valence-corrected chi connectivity index (χ3v) is 3.91. The number of ether oxygens (including phenoxy) is 3. The van der Waals surface area contributed by atoms with Gasteiger partial charge in [-0.15, -0.1) is 0 Å². The van der Waals surface area contributed by atoms with E-state index in [0.717, 1.165) is 45.8 Å². The molecule has 116 valence electrons. The SMILES string of the molecule is CN(C)C(=O)CO[C@H]1COCCN(C2CCOCC2)C1. The molecule has 6 nitrogen and oxygen atoms in total. The summed E-state index contributed by atoms with van der Waals surface area (Å²) in [6.45, 7) is 4.89. The lowest BCUT2D eigenvalue weighted by Crippen LogP contribution is -2.44. The molecule has 0 spiro atoms. The number of amides is 1. The van der Waals surface area contributed by atoms with E-state index in [-0.39, 0.29) is 18.6 Å². The number of rotatable bonds is 4. The van der Waals surface area contributed by atoms with Crippen LogP contribution in [-0.4, -0.2) is 88.1 Å². The quantitative estimate of drug-likeness (QED) is 0.726. The molecule has 2 saturated heterocycles. The fourth-order valence-corrected chi connectivity index (χ4v) is 2.60. The number of hydrogen-bond acceptors (Lipinski definition) is 5. The molecular formula is C14H26N2O4. The molecule has 0 unspecified atom stereocenters. The fraction of sp³-hybridized carbons (Fsp3) is 0.929. The summed E-state index contributed by atoms with van der Waals surface area (Å²) in [6.07, 6.45) is 2.12. The van der Waals surface area contributed by atoms with Crippen molar-refractivity contribution in [1.29, 1.82) is 0 Å². The maximum Gasteiger partial charge on any atom is 0.248 e. The van der Waals surface area contributed by atoms with E-state index in [4.69, 9.17) is 14.2 Å². The van der Waals surface area contributed by atoms with Gasteiger partial charge in [0.2, 0.25) is 5.91 Å². The van der Waals surface area contributed by atoms with Crippen molar-refractivity contribution in [2.45, 2.75) is 25.0 Å². The summed E-state index contributed by atoms with van der Waals surface area (Å²) in [7, 11) is 3.48. The Kier molecular flexibility index (Phi) is 6.22. The van der Waals surface area contributed by atoms with Crippen LogP contribution in [0.15, 0.2) is 0 Å². The van der Waals surface area contributed by atoms with Crippen molar-refractivity contribution in [3.63, 3.8) is 0 Å². The first-order valence-corrected chi connectivity index (χ1v) is 7.38. The largest absolute Gasteiger partial charge is 0.381 e. The van der Waals surface area contributed by atoms with E-state index >= 15 is 0 Å². The molecule has 2 rings (SSSR count). The number of likely N-dealkylation sites (N-methyl/N-ethyl adjacent to an activating group) is 1. The summed E-state index contributed by atoms with van der Waals surface area (Å²) in [4.78, 5) is 15.6. The van der Waals surface area contributed by atoms with Crippen LogP contribution in [0.5, 0.6) is 0 Å². The summed E-state index contributed by atoms with van der Waals surface area (Å²) in [5.41, 5.74) is 0. The number of carbonyl (C=O) groups excluding carboxylic acids is 1. The minimum atomic E-state index is -0.0238. The fourth-order valence-electron chi connectivity index (χ4n) is 2.60. The normalized spacial score (nSPS) is 26.2. The molecule has 0 bridgehead atoms. The second-order valence-corrected chi connectivity index (χ2v) is 5.63. The summed E-state index contributed by atoms with van der Waals surface area (Å²) in [5, 5.41) is 0. The molecule has 1 atom stereocenters. The highest BCUT2D eigenvalue weighted by atomic mass is 16.5. The van der Waals surface area contributed by atoms with E-state index in [2.05, 4.69) is 4.90 Å². The van der Waals surface area contributed by atoms with Crippen LogP contribution < -0.4 is 0 Å². The molecule has 2 aliphatic heterocycles. The molecule has 2 aliphatic rings. The first-order valence-electron chi connectivity index (χ1n) is 7.38. The van der Waals surface area contributed by atoms with E-state index in [1.165, 1.54) is 0 Å². The minimum Gasteiger partial charge on any atom is -0.381 e. The average Bonchev–Trinajstić information content (AvgIpc) is 2.71. The van der Waals surface area contributed by atoms with Gasteiger partial charge in [0.05, 0.1) is 19.3 Å². The third-order valence-electron chi connectivity index (χ3n) is 3.91. The van der Waals surface area contributed by atoms with Crippen molar-refractivity contribution >= 4 is 5.91 Å². The van der Waals surface area contributed by atoms with E-state index in [9.17, 15) is 4.79 Å². The zero-order chi connectivity index (χ0) is 14.4. The van der Waals surface area contributed by atoms with Crippen molar-refractivity contribution in [1.82, 2.24) is 9.80 Å². The molecule has 0 aromatic rings. The van der Waals surface area contributed by atoms with E-state index in [1.807, 2.05) is 0 Å². The first-order chi connectivity index (χ1) is 9.66. The Bertz CT molecular complexity index is 306. The van der Waals surface area contributed by atoms with Crippen LogP contribution in [0.4, 0.5) is 0 Å². The van der Waals surface area contributed by atoms with Crippen LogP contribution in [-0.2, 0) is 19.0 Å². The van der Waals surface area contributed by atoms with Crippen LogP contribution in [0.1, 0.15) is 12.8 Å². The van der Waals surface area contributed by atoms with Gasteiger partial charge in [-0.1, -0.05) is 0 Å². The highest BCUT2D eigenvalue weighted by molar-refractivity contribution is 5.76. The van der Waals surface area contributed by atoms with Crippen molar-refractivity contribution in [2.75, 3.05) is 60.2 Å². The second kappa shape index (κ2) is 7.93. The lowest BCUT2D eigenvalue weighted by atomic mass is 10.1. The molecular weight excluding hydrogens is 260 g/mol. The molecule has 2 fully saturated rings. The zero-order valence-corrected chi connectivity index (χ0v) is 12.5. The number of carbonyl (C=O) groups is 1. The van der Waals surface area contributed by atoms with Crippen molar-refractivity contribution in [2.24, 2.45) is 0 Å². The number of hydrogen-bond donors (Lipinski definition) is 0. The van der Waals surface area contributed by atoms with Gasteiger partial charge in [-0.05, 0) is 12.8 Å². The Morgan fingerprint density at radius 2 is 2.00 bits per heavy atom. The molecule has 0 aromatic heterocycles. The van der Waals surface area contributed by atoms with Crippen molar-refractivity contribution in [3.05, 3.63) is 0 Å². The molecule has 0 saturated carbocycles. The van der Waals surface area contributed by atoms with Crippen molar-refractivity contribution in [3.8, 4) is 0 Å². The van der Waals surface area contributed by atoms with Crippen LogP contribution in [0.2, 0.25) is 0 Å². The van der Waals surface area contributed by atoms with Gasteiger partial charge in [-0.3, -0.25) is 9.69 Å². The van der Waals surface area contributed by atoms with Gasteiger partial charge in [0.15, 0.2) is 0 Å². The summed E-state index contributed by atoms with van der Waals surface area (Å²) < 4.78 is 16.7. The summed E-state index contributed by atoms with van der Waals surface area (Å²) in [5.74, 6) is -0.00753. The molecule has 0 aliphatic carbocycles. The molecule has 0 aromatic carbocycles. The monoisotopic (exact) mass is 286 g/mol. The van der Waals surface area contributed by atoms with Crippen molar-refractivity contribution < 1.29 is 19.0 Å². The van der Waals surface area contributed by atoms with E-state index in [1.54, 1.807) is 19.0 Å². The molecule has 1 amide bonds. The molecule has 20 heavy (non-hydrogen) atoms. The van der Waals surface area contributed by atoms with Gasteiger partial charge in [-0.2, -0.15) is 0 Å². The molecule has 6 heteroatoms.